The summed E-state index contributed by atoms with van der Waals surface area (Å²) in [5.74, 6) is 0.573. The van der Waals surface area contributed by atoms with Crippen LogP contribution in [0.15, 0.2) is 11.6 Å². The molecule has 0 aliphatic heterocycles. The van der Waals surface area contributed by atoms with E-state index in [4.69, 9.17) is 16.3 Å². The molecule has 2 heterocycles. The van der Waals surface area contributed by atoms with Crippen molar-refractivity contribution < 1.29 is 9.84 Å². The number of nitrogens with zero attached hydrogens (tertiary/aromatic N) is 2. The highest BCUT2D eigenvalue weighted by Gasteiger charge is 2.26. The van der Waals surface area contributed by atoms with Gasteiger partial charge in [0, 0.05) is 6.04 Å². The molecule has 19 heavy (non-hydrogen) atoms. The highest BCUT2D eigenvalue weighted by Crippen LogP contribution is 2.39. The fraction of sp³-hybridized carbons (Fsp3) is 0.462. The van der Waals surface area contributed by atoms with Crippen LogP contribution in [0.3, 0.4) is 0 Å². The van der Waals surface area contributed by atoms with Gasteiger partial charge in [0.25, 0.3) is 0 Å². The second-order valence-electron chi connectivity index (χ2n) is 4.64. The molecule has 0 amide bonds. The molecule has 0 spiro atoms. The van der Waals surface area contributed by atoms with Crippen LogP contribution in [-0.2, 0) is 0 Å². The third-order valence-corrected chi connectivity index (χ3v) is 4.71. The third-order valence-electron chi connectivity index (χ3n) is 2.94. The van der Waals surface area contributed by atoms with Gasteiger partial charge in [-0.25, -0.2) is 0 Å². The van der Waals surface area contributed by atoms with E-state index in [0.29, 0.717) is 16.5 Å². The lowest BCUT2D eigenvalue weighted by Crippen LogP contribution is -2.12. The van der Waals surface area contributed by atoms with Crippen LogP contribution >= 0.6 is 22.9 Å². The number of ether oxygens (including phenoxy) is 1. The summed E-state index contributed by atoms with van der Waals surface area (Å²) in [7, 11) is 1.57. The monoisotopic (exact) mass is 300 g/mol. The average Bonchev–Trinajstić information content (AvgIpc) is 2.94. The van der Waals surface area contributed by atoms with E-state index in [-0.39, 0.29) is 6.04 Å². The average molecular weight is 301 g/mol. The fourth-order valence-corrected chi connectivity index (χ4v) is 3.23. The molecule has 1 atom stereocenters. The first-order valence-corrected chi connectivity index (χ1v) is 7.26. The van der Waals surface area contributed by atoms with Crippen LogP contribution < -0.4 is 4.74 Å². The van der Waals surface area contributed by atoms with E-state index in [1.807, 2.05) is 26.2 Å². The molecule has 1 N–H and O–H groups in total. The lowest BCUT2D eigenvalue weighted by Gasteiger charge is -2.16. The largest absolute Gasteiger partial charge is 0.493 e. The lowest BCUT2D eigenvalue weighted by atomic mass is 10.1. The molecule has 0 saturated carbocycles. The molecule has 4 nitrogen and oxygen atoms in total. The highest BCUT2D eigenvalue weighted by molar-refractivity contribution is 7.10. The molecule has 1 unspecified atom stereocenters. The van der Waals surface area contributed by atoms with Gasteiger partial charge in [-0.15, -0.1) is 11.3 Å². The Kier molecular flexibility index (Phi) is 4.18. The summed E-state index contributed by atoms with van der Waals surface area (Å²) in [6.45, 7) is 5.93. The van der Waals surface area contributed by atoms with Crippen LogP contribution in [0.4, 0.5) is 0 Å². The maximum Gasteiger partial charge on any atom is 0.163 e. The molecule has 0 aliphatic rings. The van der Waals surface area contributed by atoms with Gasteiger partial charge in [0.05, 0.1) is 23.2 Å². The van der Waals surface area contributed by atoms with Gasteiger partial charge in [-0.3, -0.25) is 4.68 Å². The SMILES string of the molecule is COc1cnn(C(C)C)c1C(O)c1scc(C)c1Cl. The Balaban J connectivity index is 2.51. The highest BCUT2D eigenvalue weighted by atomic mass is 35.5. The standard InChI is InChI=1S/C13H17ClN2O2S/c1-7(2)16-11(9(18-4)5-15-16)12(17)13-10(14)8(3)6-19-13/h5-7,12,17H,1-4H3. The predicted octanol–water partition coefficient (Wildman–Crippen LogP) is 3.58. The van der Waals surface area contributed by atoms with Crippen molar-refractivity contribution in [3.63, 3.8) is 0 Å². The number of methoxy groups -OCH3 is 1. The number of rotatable bonds is 4. The fourth-order valence-electron chi connectivity index (χ4n) is 1.94. The van der Waals surface area contributed by atoms with Crippen molar-refractivity contribution in [2.45, 2.75) is 32.9 Å². The molecule has 2 aromatic rings. The Morgan fingerprint density at radius 2 is 2.16 bits per heavy atom. The van der Waals surface area contributed by atoms with Crippen molar-refractivity contribution in [2.75, 3.05) is 7.11 Å². The molecule has 0 saturated heterocycles. The van der Waals surface area contributed by atoms with Crippen LogP contribution in [-0.4, -0.2) is 22.0 Å². The van der Waals surface area contributed by atoms with E-state index in [9.17, 15) is 5.11 Å². The van der Waals surface area contributed by atoms with E-state index in [1.165, 1.54) is 11.3 Å². The lowest BCUT2D eigenvalue weighted by molar-refractivity contribution is 0.203. The Labute approximate surface area is 121 Å². The summed E-state index contributed by atoms with van der Waals surface area (Å²) in [5, 5.41) is 17.4. The number of aliphatic hydroxyl groups is 1. The van der Waals surface area contributed by atoms with E-state index < -0.39 is 6.10 Å². The van der Waals surface area contributed by atoms with Crippen molar-refractivity contribution >= 4 is 22.9 Å². The number of aryl methyl sites for hydroxylation is 1. The second kappa shape index (κ2) is 5.53. The minimum absolute atomic E-state index is 0.133. The molecule has 104 valence electrons. The maximum atomic E-state index is 10.6. The van der Waals surface area contributed by atoms with Gasteiger partial charge in [0.2, 0.25) is 0 Å². The van der Waals surface area contributed by atoms with E-state index >= 15 is 0 Å². The number of halogens is 1. The Morgan fingerprint density at radius 3 is 2.63 bits per heavy atom. The molecule has 0 aliphatic carbocycles. The van der Waals surface area contributed by atoms with Crippen LogP contribution in [0.25, 0.3) is 0 Å². The zero-order valence-electron chi connectivity index (χ0n) is 11.3. The number of aromatic nitrogens is 2. The molecule has 2 rings (SSSR count). The van der Waals surface area contributed by atoms with Gasteiger partial charge in [-0.1, -0.05) is 11.6 Å². The Hall–Kier alpha value is -1.04. The zero-order chi connectivity index (χ0) is 14.2. The van der Waals surface area contributed by atoms with E-state index in [0.717, 1.165) is 10.4 Å². The van der Waals surface area contributed by atoms with Crippen molar-refractivity contribution in [1.82, 2.24) is 9.78 Å². The first-order chi connectivity index (χ1) is 8.97. The third kappa shape index (κ3) is 2.50. The van der Waals surface area contributed by atoms with Crippen molar-refractivity contribution in [2.24, 2.45) is 0 Å². The predicted molar refractivity (Wildman–Crippen MR) is 77.3 cm³/mol. The molecular weight excluding hydrogens is 284 g/mol. The van der Waals surface area contributed by atoms with Crippen molar-refractivity contribution in [3.05, 3.63) is 32.7 Å². The number of hydrogen-bond donors (Lipinski definition) is 1. The zero-order valence-corrected chi connectivity index (χ0v) is 12.9. The summed E-state index contributed by atoms with van der Waals surface area (Å²) < 4.78 is 7.04. The Morgan fingerprint density at radius 1 is 1.47 bits per heavy atom. The summed E-state index contributed by atoms with van der Waals surface area (Å²) in [4.78, 5) is 0.722. The number of hydrogen-bond acceptors (Lipinski definition) is 4. The molecule has 0 radical (unpaired) electrons. The second-order valence-corrected chi connectivity index (χ2v) is 5.93. The summed E-state index contributed by atoms with van der Waals surface area (Å²) in [6, 6.07) is 0.133. The van der Waals surface area contributed by atoms with Gasteiger partial charge in [0.1, 0.15) is 11.8 Å². The number of thiophene rings is 1. The van der Waals surface area contributed by atoms with Crippen LogP contribution in [0.5, 0.6) is 5.75 Å². The topological polar surface area (TPSA) is 47.3 Å². The molecule has 0 bridgehead atoms. The van der Waals surface area contributed by atoms with Gasteiger partial charge in [-0.2, -0.15) is 5.10 Å². The van der Waals surface area contributed by atoms with Gasteiger partial charge < -0.3 is 9.84 Å². The molecular formula is C13H17ClN2O2S. The molecule has 2 aromatic heterocycles. The van der Waals surface area contributed by atoms with E-state index in [2.05, 4.69) is 5.10 Å². The smallest absolute Gasteiger partial charge is 0.163 e. The molecule has 0 fully saturated rings. The van der Waals surface area contributed by atoms with Crippen molar-refractivity contribution in [3.8, 4) is 5.75 Å². The first kappa shape index (κ1) is 14.4. The van der Waals surface area contributed by atoms with E-state index in [1.54, 1.807) is 18.0 Å². The summed E-state index contributed by atoms with van der Waals surface area (Å²) >= 11 is 7.67. The summed E-state index contributed by atoms with van der Waals surface area (Å²) in [6.07, 6.45) is 0.790. The molecule has 6 heteroatoms. The molecule has 0 aromatic carbocycles. The Bertz CT molecular complexity index is 577. The minimum atomic E-state index is -0.828. The van der Waals surface area contributed by atoms with Gasteiger partial charge in [0.15, 0.2) is 5.75 Å². The first-order valence-electron chi connectivity index (χ1n) is 6.00. The quantitative estimate of drug-likeness (QED) is 0.939. The maximum absolute atomic E-state index is 10.6. The van der Waals surface area contributed by atoms with Gasteiger partial charge in [-0.05, 0) is 31.7 Å². The van der Waals surface area contributed by atoms with Gasteiger partial charge >= 0.3 is 0 Å². The van der Waals surface area contributed by atoms with Crippen molar-refractivity contribution in [1.29, 1.82) is 0 Å². The van der Waals surface area contributed by atoms with Crippen LogP contribution in [0.2, 0.25) is 5.02 Å². The van der Waals surface area contributed by atoms with Crippen LogP contribution in [0.1, 0.15) is 42.1 Å². The normalized spacial score (nSPS) is 13.0. The number of aliphatic hydroxyl groups excluding tert-OH is 1. The van der Waals surface area contributed by atoms with Crippen LogP contribution in [0, 0.1) is 6.92 Å². The summed E-state index contributed by atoms with van der Waals surface area (Å²) in [5.41, 5.74) is 1.61. The minimum Gasteiger partial charge on any atom is -0.493 e.